The number of fused-ring (bicyclic) bond motifs is 1. The molecular weight excluding hydrogens is 1110 g/mol. The van der Waals surface area contributed by atoms with Crippen LogP contribution in [-0.2, 0) is 18.9 Å². The molecular formula is C72H120N4O8S2. The summed E-state index contributed by atoms with van der Waals surface area (Å²) in [5.41, 5.74) is 7.41. The number of aryl methyl sites for hydroxylation is 1. The monoisotopic (exact) mass is 1230 g/mol. The van der Waals surface area contributed by atoms with Crippen LogP contribution >= 0.6 is 24.4 Å². The van der Waals surface area contributed by atoms with E-state index in [1.807, 2.05) is 44.8 Å². The largest absolute Gasteiger partial charge is 0.491 e. The van der Waals surface area contributed by atoms with Crippen LogP contribution in [0.15, 0.2) is 89.8 Å². The Morgan fingerprint density at radius 2 is 1.21 bits per heavy atom. The first-order chi connectivity index (χ1) is 41.9. The number of rotatable bonds is 44. The van der Waals surface area contributed by atoms with Gasteiger partial charge in [0.15, 0.2) is 0 Å². The Labute approximate surface area is 533 Å². The second-order valence-electron chi connectivity index (χ2n) is 23.1. The van der Waals surface area contributed by atoms with Gasteiger partial charge in [0.05, 0.1) is 70.8 Å². The molecule has 4 aromatic rings. The summed E-state index contributed by atoms with van der Waals surface area (Å²) in [6.45, 7) is 28.8. The Morgan fingerprint density at radius 1 is 0.651 bits per heavy atom. The molecule has 86 heavy (non-hydrogen) atoms. The van der Waals surface area contributed by atoms with Gasteiger partial charge in [-0.2, -0.15) is 12.6 Å². The first-order valence-electron chi connectivity index (χ1n) is 33.3. The molecule has 0 saturated heterocycles. The molecule has 5 rings (SSSR count). The predicted molar refractivity (Wildman–Crippen MR) is 370 cm³/mol. The maximum absolute atomic E-state index is 12.4. The van der Waals surface area contributed by atoms with Crippen molar-refractivity contribution in [2.75, 3.05) is 135 Å². The van der Waals surface area contributed by atoms with Crippen LogP contribution in [0, 0.1) is 17.8 Å². The molecule has 0 spiro atoms. The number of nitrogens with zero attached hydrogens (tertiary/aromatic N) is 1. The first kappa shape index (κ1) is 76.7. The maximum atomic E-state index is 12.4. The lowest BCUT2D eigenvalue weighted by Gasteiger charge is -2.42. The highest BCUT2D eigenvalue weighted by Crippen LogP contribution is 2.53. The van der Waals surface area contributed by atoms with E-state index in [-0.39, 0.29) is 22.7 Å². The molecule has 488 valence electrons. The van der Waals surface area contributed by atoms with E-state index in [1.54, 1.807) is 0 Å². The molecule has 1 heterocycles. The lowest BCUT2D eigenvalue weighted by Crippen LogP contribution is -2.42. The van der Waals surface area contributed by atoms with Gasteiger partial charge in [0, 0.05) is 73.2 Å². The van der Waals surface area contributed by atoms with Gasteiger partial charge in [-0.25, -0.2) is 0 Å². The van der Waals surface area contributed by atoms with E-state index >= 15 is 0 Å². The number of nitrogens with one attached hydrogen (secondary N) is 3. The van der Waals surface area contributed by atoms with Gasteiger partial charge in [-0.3, -0.25) is 0 Å². The van der Waals surface area contributed by atoms with Crippen molar-refractivity contribution in [1.82, 2.24) is 10.6 Å². The van der Waals surface area contributed by atoms with Crippen LogP contribution in [0.4, 0.5) is 11.4 Å². The minimum absolute atomic E-state index is 0.0850. The summed E-state index contributed by atoms with van der Waals surface area (Å²) < 4.78 is 35.2. The number of benzene rings is 4. The number of thiol groups is 1. The number of aliphatic hydroxyl groups excluding tert-OH is 2. The fourth-order valence-electron chi connectivity index (χ4n) is 11.4. The third-order valence-electron chi connectivity index (χ3n) is 16.4. The van der Waals surface area contributed by atoms with Gasteiger partial charge in [0.2, 0.25) is 0 Å². The van der Waals surface area contributed by atoms with E-state index in [2.05, 4.69) is 156 Å². The van der Waals surface area contributed by atoms with Crippen molar-refractivity contribution < 1.29 is 38.6 Å². The summed E-state index contributed by atoms with van der Waals surface area (Å²) >= 11 is 6.78. The Morgan fingerprint density at radius 3 is 1.74 bits per heavy atom. The quantitative estimate of drug-likeness (QED) is 0.0185. The van der Waals surface area contributed by atoms with E-state index in [0.29, 0.717) is 71.8 Å². The highest BCUT2D eigenvalue weighted by Gasteiger charge is 2.46. The number of hydrogen-bond donors (Lipinski definition) is 6. The molecule has 4 aromatic carbocycles. The highest BCUT2D eigenvalue weighted by molar-refractivity contribution is 7.99. The normalized spacial score (nSPS) is 15.3. The van der Waals surface area contributed by atoms with Gasteiger partial charge in [-0.05, 0) is 129 Å². The lowest BCUT2D eigenvalue weighted by atomic mass is 9.67. The smallest absolute Gasteiger partial charge is 0.143 e. The molecule has 0 amide bonds. The number of ether oxygens (including phenoxy) is 6. The van der Waals surface area contributed by atoms with Crippen molar-refractivity contribution in [1.29, 1.82) is 0 Å². The minimum atomic E-state index is -0.588. The van der Waals surface area contributed by atoms with Gasteiger partial charge in [0.1, 0.15) is 24.7 Å². The van der Waals surface area contributed by atoms with E-state index in [9.17, 15) is 10.2 Å². The average Bonchev–Trinajstić information content (AvgIpc) is 1.72. The summed E-state index contributed by atoms with van der Waals surface area (Å²) in [5.74, 6) is 2.93. The zero-order valence-corrected chi connectivity index (χ0v) is 57.5. The second kappa shape index (κ2) is 45.7. The average molecular weight is 1230 g/mol. The zero-order chi connectivity index (χ0) is 62.8. The number of unbranched alkanes of at least 4 members (excludes halogenated alkanes) is 4. The standard InChI is InChI=1S/C35H56N2O4S.C35H58N2O4S.C2H6/c1-6-9-16-35(17-10-7-2)27-42-32-26-31(41-24-23-40-22-21-39-20-19-36-18-8-3)30(37(4)5)25-29(32)33(34(35)38)28-14-12-11-13-15-28;1-6-9-16-35(27-42,17-10-7-2)34(38)33(32-26-30(36-5)15-14-28(32)4)29-12-11-13-31(25-29)41-24-23-40-22-21-39-20-19-37-18-8-3;1-2/h11-15,25-26,33-34,36,38H,6-10,16-24,27H2,1-5H3;11-15,25-26,33-34,36-38,42H,6-10,16-24,27H2,1-5H3;1-2H3/t2*33-,34-;/m00./s1. The Bertz CT molecular complexity index is 2310. The predicted octanol–water partition coefficient (Wildman–Crippen LogP) is 15.4. The summed E-state index contributed by atoms with van der Waals surface area (Å²) in [4.78, 5) is 3.33. The van der Waals surface area contributed by atoms with Crippen LogP contribution in [-0.4, -0.2) is 147 Å². The minimum Gasteiger partial charge on any atom is -0.491 e. The number of thioether (sulfide) groups is 1. The fraction of sp³-hybridized carbons (Fsp3) is 0.667. The van der Waals surface area contributed by atoms with Crippen LogP contribution in [0.5, 0.6) is 11.5 Å². The Kier molecular flexibility index (Phi) is 40.7. The van der Waals surface area contributed by atoms with Crippen molar-refractivity contribution >= 4 is 35.8 Å². The van der Waals surface area contributed by atoms with Crippen LogP contribution in [0.2, 0.25) is 0 Å². The third kappa shape index (κ3) is 25.7. The molecule has 5 N–H and O–H groups in total. The molecule has 0 unspecified atom stereocenters. The van der Waals surface area contributed by atoms with E-state index < -0.39 is 12.2 Å². The fourth-order valence-corrected chi connectivity index (χ4v) is 13.3. The van der Waals surface area contributed by atoms with Crippen LogP contribution in [0.3, 0.4) is 0 Å². The Balaban J connectivity index is 0.000000438. The molecule has 0 bridgehead atoms. The zero-order valence-electron chi connectivity index (χ0n) is 55.8. The van der Waals surface area contributed by atoms with Crippen molar-refractivity contribution in [2.45, 2.75) is 181 Å². The molecule has 0 fully saturated rings. The number of aliphatic hydroxyl groups is 2. The van der Waals surface area contributed by atoms with Crippen molar-refractivity contribution in [3.63, 3.8) is 0 Å². The summed E-state index contributed by atoms with van der Waals surface area (Å²) in [6.07, 6.45) is 14.1. The molecule has 1 aliphatic heterocycles. The molecule has 0 aliphatic carbocycles. The van der Waals surface area contributed by atoms with E-state index in [0.717, 1.165) is 156 Å². The van der Waals surface area contributed by atoms with Gasteiger partial charge < -0.3 is 59.5 Å². The molecule has 1 aliphatic rings. The second-order valence-corrected chi connectivity index (χ2v) is 24.5. The van der Waals surface area contributed by atoms with Crippen molar-refractivity contribution in [3.05, 3.63) is 113 Å². The summed E-state index contributed by atoms with van der Waals surface area (Å²) in [6, 6.07) is 29.7. The SMILES string of the molecule is CC.CCCCC(CS)(CCCC)[C@@H](O)[C@@H](c1cccc(OCCOCCOCCNCCC)c1)c1cc(NC)ccc1C.CCCCC1(CCCC)CSc2cc(OCCOCCOCCNCCC)c(N(C)C)cc2[C@H](c2ccccc2)[C@@H]1O. The van der Waals surface area contributed by atoms with Crippen LogP contribution < -0.4 is 30.3 Å². The lowest BCUT2D eigenvalue weighted by molar-refractivity contribution is 0.0128. The van der Waals surface area contributed by atoms with Crippen molar-refractivity contribution in [2.24, 2.45) is 10.8 Å². The summed E-state index contributed by atoms with van der Waals surface area (Å²) in [7, 11) is 6.05. The maximum Gasteiger partial charge on any atom is 0.143 e. The Hall–Kier alpha value is -3.54. The third-order valence-corrected chi connectivity index (χ3v) is 18.5. The van der Waals surface area contributed by atoms with Gasteiger partial charge >= 0.3 is 0 Å². The summed E-state index contributed by atoms with van der Waals surface area (Å²) in [5, 5.41) is 34.7. The molecule has 0 radical (unpaired) electrons. The van der Waals surface area contributed by atoms with Gasteiger partial charge in [-0.1, -0.05) is 155 Å². The molecule has 14 heteroatoms. The van der Waals surface area contributed by atoms with E-state index in [4.69, 9.17) is 41.0 Å². The van der Waals surface area contributed by atoms with Crippen LogP contribution in [0.25, 0.3) is 0 Å². The topological polar surface area (TPSA) is 135 Å². The number of anilines is 2. The van der Waals surface area contributed by atoms with Gasteiger partial charge in [-0.15, -0.1) is 11.8 Å². The molecule has 4 atom stereocenters. The molecule has 0 saturated carbocycles. The van der Waals surface area contributed by atoms with Gasteiger partial charge in [0.25, 0.3) is 0 Å². The molecule has 0 aromatic heterocycles. The van der Waals surface area contributed by atoms with Crippen LogP contribution in [0.1, 0.15) is 185 Å². The molecule has 12 nitrogen and oxygen atoms in total. The number of hydrogen-bond acceptors (Lipinski definition) is 14. The highest BCUT2D eigenvalue weighted by atomic mass is 32.2. The van der Waals surface area contributed by atoms with E-state index in [1.165, 1.54) is 21.6 Å². The first-order valence-corrected chi connectivity index (χ1v) is 34.9. The van der Waals surface area contributed by atoms with Crippen molar-refractivity contribution in [3.8, 4) is 11.5 Å².